The molecule has 86 valence electrons. The highest BCUT2D eigenvalue weighted by Crippen LogP contribution is 2.37. The second-order valence-corrected chi connectivity index (χ2v) is 4.89. The number of halogens is 2. The summed E-state index contributed by atoms with van der Waals surface area (Å²) < 4.78 is 7.19. The Hall–Kier alpha value is -0.780. The minimum absolute atomic E-state index is 0. The molecule has 1 aromatic heterocycles. The fourth-order valence-electron chi connectivity index (χ4n) is 1.35. The highest BCUT2D eigenvalue weighted by Gasteiger charge is 2.10. The number of methoxy groups -OCH3 is 1. The molecule has 0 unspecified atom stereocenters. The summed E-state index contributed by atoms with van der Waals surface area (Å²) in [5.74, 6) is 0.887. The van der Waals surface area contributed by atoms with Gasteiger partial charge in [0.1, 0.15) is 11.6 Å². The summed E-state index contributed by atoms with van der Waals surface area (Å²) in [6.07, 6.45) is 0. The number of nitrogen functional groups attached to an aromatic ring is 1. The van der Waals surface area contributed by atoms with Gasteiger partial charge >= 0.3 is 0 Å². The molecule has 0 saturated heterocycles. The maximum Gasteiger partial charge on any atom is 0.133 e. The Morgan fingerprint density at radius 1 is 1.50 bits per heavy atom. The average Bonchev–Trinajstić information content (AvgIpc) is 2.63. The van der Waals surface area contributed by atoms with E-state index in [1.807, 2.05) is 18.2 Å². The number of fused-ring (bicyclic) bond motifs is 1. The van der Waals surface area contributed by atoms with Crippen LogP contribution in [0.1, 0.15) is 4.88 Å². The van der Waals surface area contributed by atoms with Crippen LogP contribution in [0, 0.1) is 5.41 Å². The first-order chi connectivity index (χ1) is 7.13. The van der Waals surface area contributed by atoms with Crippen LogP contribution in [-0.2, 0) is 0 Å². The van der Waals surface area contributed by atoms with Gasteiger partial charge in [-0.3, -0.25) is 5.41 Å². The lowest BCUT2D eigenvalue weighted by molar-refractivity contribution is 0.413. The third-order valence-electron chi connectivity index (χ3n) is 2.09. The van der Waals surface area contributed by atoms with E-state index in [-0.39, 0.29) is 18.2 Å². The van der Waals surface area contributed by atoms with Crippen molar-refractivity contribution < 1.29 is 4.74 Å². The van der Waals surface area contributed by atoms with E-state index < -0.39 is 0 Å². The number of amidine groups is 1. The van der Waals surface area contributed by atoms with Crippen molar-refractivity contribution in [1.29, 1.82) is 5.41 Å². The molecule has 0 radical (unpaired) electrons. The Morgan fingerprint density at radius 3 is 2.75 bits per heavy atom. The summed E-state index contributed by atoms with van der Waals surface area (Å²) in [6, 6.07) is 5.76. The second kappa shape index (κ2) is 5.03. The molecular formula is C10H10BrClN2OS. The van der Waals surface area contributed by atoms with E-state index in [0.717, 1.165) is 25.2 Å². The summed E-state index contributed by atoms with van der Waals surface area (Å²) in [4.78, 5) is 0.777. The van der Waals surface area contributed by atoms with E-state index in [0.29, 0.717) is 0 Å². The van der Waals surface area contributed by atoms with E-state index >= 15 is 0 Å². The molecule has 0 amide bonds. The van der Waals surface area contributed by atoms with Crippen molar-refractivity contribution in [3.05, 3.63) is 27.5 Å². The van der Waals surface area contributed by atoms with Gasteiger partial charge in [-0.2, -0.15) is 0 Å². The highest BCUT2D eigenvalue weighted by molar-refractivity contribution is 9.10. The highest BCUT2D eigenvalue weighted by atomic mass is 79.9. The number of benzene rings is 1. The van der Waals surface area contributed by atoms with Crippen LogP contribution in [0.25, 0.3) is 10.1 Å². The van der Waals surface area contributed by atoms with E-state index in [4.69, 9.17) is 15.9 Å². The number of hydrogen-bond acceptors (Lipinski definition) is 3. The number of nitrogens with one attached hydrogen (secondary N) is 1. The van der Waals surface area contributed by atoms with Gasteiger partial charge in [0.2, 0.25) is 0 Å². The summed E-state index contributed by atoms with van der Waals surface area (Å²) in [5, 5.41) is 8.41. The SMILES string of the molecule is COc1ccc2sc(C(=N)N)cc2c1Br.Cl. The van der Waals surface area contributed by atoms with Gasteiger partial charge in [-0.05, 0) is 34.1 Å². The van der Waals surface area contributed by atoms with Crippen LogP contribution in [0.5, 0.6) is 5.75 Å². The Labute approximate surface area is 112 Å². The predicted molar refractivity (Wildman–Crippen MR) is 74.3 cm³/mol. The molecule has 2 aromatic rings. The summed E-state index contributed by atoms with van der Waals surface area (Å²) >= 11 is 4.98. The Bertz CT molecular complexity index is 541. The normalized spacial score (nSPS) is 9.88. The molecule has 1 heterocycles. The van der Waals surface area contributed by atoms with Crippen LogP contribution in [0.2, 0.25) is 0 Å². The van der Waals surface area contributed by atoms with Crippen molar-refractivity contribution in [2.45, 2.75) is 0 Å². The van der Waals surface area contributed by atoms with Crippen LogP contribution >= 0.6 is 39.7 Å². The van der Waals surface area contributed by atoms with Crippen LogP contribution in [0.3, 0.4) is 0 Å². The molecule has 0 aliphatic carbocycles. The topological polar surface area (TPSA) is 59.1 Å². The lowest BCUT2D eigenvalue weighted by Gasteiger charge is -2.02. The molecule has 3 N–H and O–H groups in total. The predicted octanol–water partition coefficient (Wildman–Crippen LogP) is 3.38. The quantitative estimate of drug-likeness (QED) is 0.658. The Morgan fingerprint density at radius 2 is 2.19 bits per heavy atom. The van der Waals surface area contributed by atoms with Crippen molar-refractivity contribution in [2.75, 3.05) is 7.11 Å². The number of hydrogen-bond donors (Lipinski definition) is 2. The van der Waals surface area contributed by atoms with Crippen molar-refractivity contribution in [2.24, 2.45) is 5.73 Å². The maximum atomic E-state index is 7.38. The molecule has 0 aliphatic rings. The fraction of sp³-hybridized carbons (Fsp3) is 0.100. The van der Waals surface area contributed by atoms with E-state index in [2.05, 4.69) is 15.9 Å². The molecule has 0 atom stereocenters. The van der Waals surface area contributed by atoms with Crippen molar-refractivity contribution >= 4 is 55.6 Å². The van der Waals surface area contributed by atoms with Gasteiger partial charge in [-0.25, -0.2) is 0 Å². The first-order valence-electron chi connectivity index (χ1n) is 4.24. The van der Waals surface area contributed by atoms with Crippen LogP contribution < -0.4 is 10.5 Å². The largest absolute Gasteiger partial charge is 0.496 e. The number of ether oxygens (including phenoxy) is 1. The number of thiophene rings is 1. The summed E-state index contributed by atoms with van der Waals surface area (Å²) in [7, 11) is 1.63. The molecule has 0 bridgehead atoms. The van der Waals surface area contributed by atoms with Gasteiger partial charge in [0.15, 0.2) is 0 Å². The summed E-state index contributed by atoms with van der Waals surface area (Å²) in [5.41, 5.74) is 5.45. The molecule has 0 saturated carbocycles. The van der Waals surface area contributed by atoms with Gasteiger partial charge < -0.3 is 10.5 Å². The Balaban J connectivity index is 0.00000128. The van der Waals surface area contributed by atoms with Gasteiger partial charge in [0, 0.05) is 10.1 Å². The van der Waals surface area contributed by atoms with Crippen LogP contribution in [0.15, 0.2) is 22.7 Å². The van der Waals surface area contributed by atoms with Crippen molar-refractivity contribution in [3.8, 4) is 5.75 Å². The average molecular weight is 322 g/mol. The lowest BCUT2D eigenvalue weighted by atomic mass is 10.2. The van der Waals surface area contributed by atoms with Crippen LogP contribution in [0.4, 0.5) is 0 Å². The summed E-state index contributed by atoms with van der Waals surface area (Å²) in [6.45, 7) is 0. The molecule has 6 heteroatoms. The molecule has 2 rings (SSSR count). The zero-order chi connectivity index (χ0) is 11.0. The Kier molecular flexibility index (Phi) is 4.18. The monoisotopic (exact) mass is 320 g/mol. The van der Waals surface area contributed by atoms with E-state index in [9.17, 15) is 0 Å². The second-order valence-electron chi connectivity index (χ2n) is 3.02. The first kappa shape index (κ1) is 13.3. The third kappa shape index (κ3) is 2.16. The maximum absolute atomic E-state index is 7.38. The van der Waals surface area contributed by atoms with Gasteiger partial charge in [-0.15, -0.1) is 23.7 Å². The zero-order valence-electron chi connectivity index (χ0n) is 8.41. The molecule has 0 fully saturated rings. The van der Waals surface area contributed by atoms with E-state index in [1.54, 1.807) is 7.11 Å². The lowest BCUT2D eigenvalue weighted by Crippen LogP contribution is -2.08. The van der Waals surface area contributed by atoms with Crippen LogP contribution in [-0.4, -0.2) is 12.9 Å². The molecule has 3 nitrogen and oxygen atoms in total. The van der Waals surface area contributed by atoms with E-state index in [1.165, 1.54) is 11.3 Å². The van der Waals surface area contributed by atoms with Crippen molar-refractivity contribution in [1.82, 2.24) is 0 Å². The molecular weight excluding hydrogens is 312 g/mol. The minimum Gasteiger partial charge on any atom is -0.496 e. The minimum atomic E-state index is 0. The van der Waals surface area contributed by atoms with Gasteiger partial charge in [0.25, 0.3) is 0 Å². The molecule has 16 heavy (non-hydrogen) atoms. The number of rotatable bonds is 2. The standard InChI is InChI=1S/C10H9BrN2OS.ClH/c1-14-6-2-3-7-5(9(6)11)4-8(15-7)10(12)13;/h2-4H,1H3,(H3,12,13);1H. The number of nitrogens with two attached hydrogens (primary N) is 1. The third-order valence-corrected chi connectivity index (χ3v) is 4.04. The fourth-order valence-corrected chi connectivity index (χ4v) is 3.03. The van der Waals surface area contributed by atoms with Gasteiger partial charge in [-0.1, -0.05) is 0 Å². The first-order valence-corrected chi connectivity index (χ1v) is 5.85. The van der Waals surface area contributed by atoms with Gasteiger partial charge in [0.05, 0.1) is 16.5 Å². The molecule has 0 spiro atoms. The molecule has 0 aliphatic heterocycles. The molecule has 1 aromatic carbocycles. The smallest absolute Gasteiger partial charge is 0.133 e. The van der Waals surface area contributed by atoms with Crippen molar-refractivity contribution in [3.63, 3.8) is 0 Å². The zero-order valence-corrected chi connectivity index (χ0v) is 11.6.